The van der Waals surface area contributed by atoms with E-state index in [4.69, 9.17) is 4.74 Å². The maximum absolute atomic E-state index is 11.9. The first-order valence-corrected chi connectivity index (χ1v) is 9.40. The predicted octanol–water partition coefficient (Wildman–Crippen LogP) is 3.99. The predicted molar refractivity (Wildman–Crippen MR) is 114 cm³/mol. The van der Waals surface area contributed by atoms with Gasteiger partial charge >= 0.3 is 5.97 Å². The maximum Gasteiger partial charge on any atom is 0.339 e. The molecule has 0 aliphatic rings. The van der Waals surface area contributed by atoms with E-state index in [-0.39, 0.29) is 5.95 Å². The number of benzene rings is 2. The summed E-state index contributed by atoms with van der Waals surface area (Å²) in [7, 11) is 1.34. The third kappa shape index (κ3) is 4.98. The van der Waals surface area contributed by atoms with Crippen molar-refractivity contribution in [2.75, 3.05) is 35.7 Å². The fourth-order valence-corrected chi connectivity index (χ4v) is 2.91. The van der Waals surface area contributed by atoms with Crippen LogP contribution in [0.2, 0.25) is 0 Å². The second-order valence-corrected chi connectivity index (χ2v) is 6.17. The summed E-state index contributed by atoms with van der Waals surface area (Å²) in [6.45, 7) is 6.19. The summed E-state index contributed by atoms with van der Waals surface area (Å²) in [5.41, 5.74) is 3.00. The highest BCUT2D eigenvalue weighted by molar-refractivity contribution is 5.96. The third-order valence-corrected chi connectivity index (χ3v) is 4.41. The average molecular weight is 392 g/mol. The lowest BCUT2D eigenvalue weighted by atomic mass is 10.2. The summed E-state index contributed by atoms with van der Waals surface area (Å²) in [5, 5.41) is 14.2. The molecule has 8 nitrogen and oxygen atoms in total. The molecule has 0 aliphatic heterocycles. The van der Waals surface area contributed by atoms with Gasteiger partial charge in [0, 0.05) is 24.5 Å². The number of nitrogens with one attached hydrogen (secondary N) is 2. The fourth-order valence-electron chi connectivity index (χ4n) is 2.91. The first kappa shape index (κ1) is 20.1. The van der Waals surface area contributed by atoms with Crippen LogP contribution >= 0.6 is 0 Å². The number of nitrogens with zero attached hydrogens (tertiary/aromatic N) is 4. The van der Waals surface area contributed by atoms with Crippen LogP contribution in [-0.4, -0.2) is 41.3 Å². The molecule has 1 aromatic heterocycles. The van der Waals surface area contributed by atoms with Crippen molar-refractivity contribution in [2.45, 2.75) is 13.8 Å². The zero-order valence-corrected chi connectivity index (χ0v) is 16.7. The topological polar surface area (TPSA) is 92.3 Å². The number of hydrogen-bond donors (Lipinski definition) is 2. The lowest BCUT2D eigenvalue weighted by Gasteiger charge is -2.21. The summed E-state index contributed by atoms with van der Waals surface area (Å²) in [4.78, 5) is 18.6. The van der Waals surface area contributed by atoms with Gasteiger partial charge in [0.1, 0.15) is 0 Å². The van der Waals surface area contributed by atoms with Gasteiger partial charge in [-0.05, 0) is 50.2 Å². The van der Waals surface area contributed by atoms with Gasteiger partial charge in [0.05, 0.1) is 24.6 Å². The van der Waals surface area contributed by atoms with E-state index < -0.39 is 5.97 Å². The molecule has 2 N–H and O–H groups in total. The van der Waals surface area contributed by atoms with E-state index in [2.05, 4.69) is 56.7 Å². The molecule has 0 bridgehead atoms. The fraction of sp³-hybridized carbons (Fsp3) is 0.238. The van der Waals surface area contributed by atoms with E-state index in [9.17, 15) is 4.79 Å². The number of para-hydroxylation sites is 1. The van der Waals surface area contributed by atoms with E-state index in [1.54, 1.807) is 18.2 Å². The van der Waals surface area contributed by atoms with Gasteiger partial charge < -0.3 is 20.3 Å². The quantitative estimate of drug-likeness (QED) is 0.556. The van der Waals surface area contributed by atoms with Crippen molar-refractivity contribution in [1.29, 1.82) is 0 Å². The second-order valence-electron chi connectivity index (χ2n) is 6.17. The summed E-state index contributed by atoms with van der Waals surface area (Å²) in [6.07, 6.45) is 1.54. The van der Waals surface area contributed by atoms with Crippen molar-refractivity contribution in [1.82, 2.24) is 15.2 Å². The van der Waals surface area contributed by atoms with Gasteiger partial charge in [-0.1, -0.05) is 12.1 Å². The van der Waals surface area contributed by atoms with Crippen LogP contribution in [0.1, 0.15) is 24.2 Å². The molecule has 2 aromatic carbocycles. The zero-order valence-electron chi connectivity index (χ0n) is 16.7. The average Bonchev–Trinajstić information content (AvgIpc) is 2.76. The van der Waals surface area contributed by atoms with E-state index in [0.29, 0.717) is 17.1 Å². The number of carbonyl (C=O) groups is 1. The van der Waals surface area contributed by atoms with E-state index in [0.717, 1.165) is 18.8 Å². The van der Waals surface area contributed by atoms with Crippen molar-refractivity contribution in [3.8, 4) is 0 Å². The van der Waals surface area contributed by atoms with Crippen molar-refractivity contribution in [2.24, 2.45) is 0 Å². The smallest absolute Gasteiger partial charge is 0.339 e. The van der Waals surface area contributed by atoms with E-state index >= 15 is 0 Å². The number of esters is 1. The highest BCUT2D eigenvalue weighted by Gasteiger charge is 2.12. The van der Waals surface area contributed by atoms with Crippen molar-refractivity contribution < 1.29 is 9.53 Å². The molecule has 0 fully saturated rings. The molecule has 8 heteroatoms. The molecule has 0 radical (unpaired) electrons. The van der Waals surface area contributed by atoms with Gasteiger partial charge in [-0.25, -0.2) is 4.79 Å². The monoisotopic (exact) mass is 392 g/mol. The molecule has 3 aromatic rings. The number of hydrogen-bond acceptors (Lipinski definition) is 8. The molecule has 1 heterocycles. The Morgan fingerprint density at radius 2 is 1.76 bits per heavy atom. The standard InChI is InChI=1S/C21H24N6O2/c1-4-27(5-2)16-12-10-15(11-13-16)23-19-14-22-26-21(25-19)24-18-9-7-6-8-17(18)20(28)29-3/h6-14H,4-5H2,1-3H3,(H2,23,24,25,26). The minimum Gasteiger partial charge on any atom is -0.465 e. The number of carbonyl (C=O) groups excluding carboxylic acids is 1. The van der Waals surface area contributed by atoms with Crippen molar-refractivity contribution in [3.05, 3.63) is 60.3 Å². The molecule has 0 spiro atoms. The van der Waals surface area contributed by atoms with Gasteiger partial charge in [0.25, 0.3) is 0 Å². The first-order valence-electron chi connectivity index (χ1n) is 9.40. The number of ether oxygens (including phenoxy) is 1. The maximum atomic E-state index is 11.9. The summed E-state index contributed by atoms with van der Waals surface area (Å²) in [5.74, 6) is 0.364. The van der Waals surface area contributed by atoms with Crippen molar-refractivity contribution >= 4 is 34.8 Å². The number of anilines is 5. The number of methoxy groups -OCH3 is 1. The number of rotatable bonds is 8. The normalized spacial score (nSPS) is 10.3. The third-order valence-electron chi connectivity index (χ3n) is 4.41. The van der Waals surface area contributed by atoms with Crippen LogP contribution in [-0.2, 0) is 4.74 Å². The molecular weight excluding hydrogens is 368 g/mol. The van der Waals surface area contributed by atoms with Gasteiger partial charge in [-0.15, -0.1) is 5.10 Å². The Kier molecular flexibility index (Phi) is 6.57. The lowest BCUT2D eigenvalue weighted by molar-refractivity contribution is 0.0602. The molecule has 0 atom stereocenters. The van der Waals surface area contributed by atoms with Gasteiger partial charge in [-0.2, -0.15) is 10.1 Å². The largest absolute Gasteiger partial charge is 0.465 e. The molecule has 0 amide bonds. The minimum atomic E-state index is -0.441. The van der Waals surface area contributed by atoms with Crippen LogP contribution in [0.5, 0.6) is 0 Å². The Labute approximate surface area is 169 Å². The van der Waals surface area contributed by atoms with Crippen LogP contribution in [0, 0.1) is 0 Å². The Balaban J connectivity index is 1.75. The van der Waals surface area contributed by atoms with Crippen LogP contribution in [0.15, 0.2) is 54.7 Å². The second kappa shape index (κ2) is 9.50. The van der Waals surface area contributed by atoms with Crippen LogP contribution in [0.4, 0.5) is 28.8 Å². The minimum absolute atomic E-state index is 0.270. The Morgan fingerprint density at radius 1 is 1.03 bits per heavy atom. The van der Waals surface area contributed by atoms with Crippen LogP contribution < -0.4 is 15.5 Å². The molecule has 3 rings (SSSR count). The zero-order chi connectivity index (χ0) is 20.6. The molecular formula is C21H24N6O2. The molecule has 0 saturated heterocycles. The molecule has 150 valence electrons. The van der Waals surface area contributed by atoms with Crippen LogP contribution in [0.25, 0.3) is 0 Å². The SMILES string of the molecule is CCN(CC)c1ccc(Nc2cnnc(Nc3ccccc3C(=O)OC)n2)cc1. The molecule has 0 saturated carbocycles. The van der Waals surface area contributed by atoms with Gasteiger partial charge in [-0.3, -0.25) is 0 Å². The number of aromatic nitrogens is 3. The Morgan fingerprint density at radius 3 is 2.45 bits per heavy atom. The molecule has 0 unspecified atom stereocenters. The van der Waals surface area contributed by atoms with Crippen molar-refractivity contribution in [3.63, 3.8) is 0 Å². The summed E-state index contributed by atoms with van der Waals surface area (Å²) >= 11 is 0. The van der Waals surface area contributed by atoms with E-state index in [1.807, 2.05) is 18.2 Å². The summed E-state index contributed by atoms with van der Waals surface area (Å²) in [6, 6.07) is 15.1. The lowest BCUT2D eigenvalue weighted by Crippen LogP contribution is -2.21. The van der Waals surface area contributed by atoms with E-state index in [1.165, 1.54) is 19.0 Å². The Hall–Kier alpha value is -3.68. The van der Waals surface area contributed by atoms with Crippen LogP contribution in [0.3, 0.4) is 0 Å². The van der Waals surface area contributed by atoms with Gasteiger partial charge in [0.2, 0.25) is 5.95 Å². The first-order chi connectivity index (χ1) is 14.1. The Bertz CT molecular complexity index is 957. The highest BCUT2D eigenvalue weighted by Crippen LogP contribution is 2.22. The molecule has 0 aliphatic carbocycles. The molecule has 29 heavy (non-hydrogen) atoms. The van der Waals surface area contributed by atoms with Gasteiger partial charge in [0.15, 0.2) is 5.82 Å². The summed E-state index contributed by atoms with van der Waals surface area (Å²) < 4.78 is 4.81. The highest BCUT2D eigenvalue weighted by atomic mass is 16.5.